The number of aryl methyl sites for hydroxylation is 1. The fourth-order valence-corrected chi connectivity index (χ4v) is 5.72. The van der Waals surface area contributed by atoms with E-state index in [1.807, 2.05) is 31.2 Å². The quantitative estimate of drug-likeness (QED) is 0.0689. The van der Waals surface area contributed by atoms with Crippen LogP contribution in [0.2, 0.25) is 0 Å². The molecule has 0 unspecified atom stereocenters. The number of unbranched alkanes of at least 4 members (excludes halogenated alkanes) is 6. The molecule has 0 fully saturated rings. The fourth-order valence-electron chi connectivity index (χ4n) is 5.72. The number of alkyl halides is 3. The molecule has 0 radical (unpaired) electrons. The van der Waals surface area contributed by atoms with Gasteiger partial charge < -0.3 is 9.47 Å². The molecule has 7 heteroatoms. The summed E-state index contributed by atoms with van der Waals surface area (Å²) in [5, 5.41) is 0. The van der Waals surface area contributed by atoms with Crippen molar-refractivity contribution in [1.82, 2.24) is 0 Å². The first kappa shape index (κ1) is 35.7. The molecule has 0 aliphatic carbocycles. The van der Waals surface area contributed by atoms with Crippen LogP contribution in [0.25, 0.3) is 33.4 Å². The number of benzene rings is 4. The Labute approximate surface area is 275 Å². The first-order chi connectivity index (χ1) is 22.6. The molecular formula is C40H44F4O3. The topological polar surface area (TPSA) is 35.5 Å². The minimum Gasteiger partial charge on any atom is -0.479 e. The Morgan fingerprint density at radius 1 is 0.723 bits per heavy atom. The lowest BCUT2D eigenvalue weighted by atomic mass is 9.83. The fraction of sp³-hybridized carbons (Fsp3) is 0.375. The second kappa shape index (κ2) is 17.1. The zero-order valence-corrected chi connectivity index (χ0v) is 27.5. The highest BCUT2D eigenvalue weighted by molar-refractivity contribution is 5.96. The van der Waals surface area contributed by atoms with Crippen molar-refractivity contribution in [2.75, 3.05) is 6.61 Å². The van der Waals surface area contributed by atoms with Gasteiger partial charge >= 0.3 is 12.1 Å². The zero-order chi connectivity index (χ0) is 33.8. The third-order valence-corrected chi connectivity index (χ3v) is 8.26. The molecule has 0 N–H and O–H groups in total. The van der Waals surface area contributed by atoms with Crippen molar-refractivity contribution in [3.05, 3.63) is 102 Å². The normalized spacial score (nSPS) is 12.1. The van der Waals surface area contributed by atoms with Crippen molar-refractivity contribution in [2.45, 2.75) is 90.8 Å². The smallest absolute Gasteiger partial charge is 0.416 e. The van der Waals surface area contributed by atoms with Crippen LogP contribution in [-0.2, 0) is 22.1 Å². The van der Waals surface area contributed by atoms with Crippen LogP contribution in [0.15, 0.2) is 84.9 Å². The molecule has 0 aliphatic heterocycles. The highest BCUT2D eigenvalue weighted by Gasteiger charge is 2.31. The minimum atomic E-state index is -4.54. The van der Waals surface area contributed by atoms with Gasteiger partial charge in [0.2, 0.25) is 0 Å². The van der Waals surface area contributed by atoms with E-state index in [-0.39, 0.29) is 0 Å². The van der Waals surface area contributed by atoms with Crippen molar-refractivity contribution in [1.29, 1.82) is 0 Å². The van der Waals surface area contributed by atoms with Gasteiger partial charge in [0.15, 0.2) is 6.10 Å². The maximum Gasteiger partial charge on any atom is 0.416 e. The van der Waals surface area contributed by atoms with Gasteiger partial charge in [-0.25, -0.2) is 9.18 Å². The van der Waals surface area contributed by atoms with Crippen LogP contribution in [0.5, 0.6) is 5.75 Å². The van der Waals surface area contributed by atoms with Crippen molar-refractivity contribution in [3.63, 3.8) is 0 Å². The van der Waals surface area contributed by atoms with Crippen molar-refractivity contribution in [3.8, 4) is 39.1 Å². The standard InChI is InChI=1S/C40H44F4O3/c1-4-6-8-9-10-11-15-29-22-25-35(34-18-12-13-19-36(34)41)38(31-16-14-17-32(27-31)40(42,43)44)37(29)30-20-23-33(24-21-30)47-28(3)39(45)46-26-7-5-2/h12-14,16-25,27-28H,4-11,15,26H2,1-3H3/t28-/m0/s1. The molecule has 0 saturated heterocycles. The van der Waals surface area contributed by atoms with Gasteiger partial charge in [0.05, 0.1) is 12.2 Å². The summed E-state index contributed by atoms with van der Waals surface area (Å²) >= 11 is 0. The Kier molecular flexibility index (Phi) is 13.0. The van der Waals surface area contributed by atoms with Gasteiger partial charge in [-0.2, -0.15) is 13.2 Å². The lowest BCUT2D eigenvalue weighted by Gasteiger charge is -2.22. The third-order valence-electron chi connectivity index (χ3n) is 8.26. The van der Waals surface area contributed by atoms with Crippen LogP contribution in [0.4, 0.5) is 17.6 Å². The maximum absolute atomic E-state index is 15.3. The Balaban J connectivity index is 1.82. The summed E-state index contributed by atoms with van der Waals surface area (Å²) in [7, 11) is 0. The molecule has 4 aromatic carbocycles. The molecular weight excluding hydrogens is 604 g/mol. The number of ether oxygens (including phenoxy) is 2. The molecule has 3 nitrogen and oxygen atoms in total. The van der Waals surface area contributed by atoms with E-state index in [2.05, 4.69) is 6.92 Å². The van der Waals surface area contributed by atoms with Gasteiger partial charge in [0.25, 0.3) is 0 Å². The summed E-state index contributed by atoms with van der Waals surface area (Å²) in [6.45, 7) is 6.15. The molecule has 1 atom stereocenters. The highest BCUT2D eigenvalue weighted by Crippen LogP contribution is 2.45. The van der Waals surface area contributed by atoms with E-state index >= 15 is 4.39 Å². The maximum atomic E-state index is 15.3. The molecule has 4 rings (SSSR count). The summed E-state index contributed by atoms with van der Waals surface area (Å²) in [4.78, 5) is 12.4. The molecule has 0 aromatic heterocycles. The van der Waals surface area contributed by atoms with Crippen LogP contribution >= 0.6 is 0 Å². The van der Waals surface area contributed by atoms with Gasteiger partial charge in [-0.05, 0) is 89.9 Å². The van der Waals surface area contributed by atoms with Crippen molar-refractivity contribution < 1.29 is 31.8 Å². The summed E-state index contributed by atoms with van der Waals surface area (Å²) < 4.78 is 68.3. The lowest BCUT2D eigenvalue weighted by Crippen LogP contribution is -2.26. The Morgan fingerprint density at radius 3 is 2.13 bits per heavy atom. The van der Waals surface area contributed by atoms with Gasteiger partial charge in [0, 0.05) is 5.56 Å². The van der Waals surface area contributed by atoms with E-state index in [9.17, 15) is 18.0 Å². The first-order valence-electron chi connectivity index (χ1n) is 16.7. The van der Waals surface area contributed by atoms with Crippen LogP contribution in [-0.4, -0.2) is 18.7 Å². The van der Waals surface area contributed by atoms with Gasteiger partial charge in [-0.15, -0.1) is 0 Å². The van der Waals surface area contributed by atoms with E-state index in [1.54, 1.807) is 43.3 Å². The molecule has 0 bridgehead atoms. The van der Waals surface area contributed by atoms with Crippen molar-refractivity contribution >= 4 is 5.97 Å². The van der Waals surface area contributed by atoms with Crippen LogP contribution < -0.4 is 4.74 Å². The number of hydrogen-bond donors (Lipinski definition) is 0. The Morgan fingerprint density at radius 2 is 1.43 bits per heavy atom. The predicted molar refractivity (Wildman–Crippen MR) is 181 cm³/mol. The van der Waals surface area contributed by atoms with Gasteiger partial charge in [-0.3, -0.25) is 0 Å². The average Bonchev–Trinajstić information content (AvgIpc) is 3.06. The molecule has 0 aliphatic rings. The monoisotopic (exact) mass is 648 g/mol. The number of carbonyl (C=O) groups excluding carboxylic acids is 1. The van der Waals surface area contributed by atoms with E-state index in [0.29, 0.717) is 41.0 Å². The molecule has 4 aromatic rings. The highest BCUT2D eigenvalue weighted by atomic mass is 19.4. The minimum absolute atomic E-state index is 0.308. The number of carbonyl (C=O) groups is 1. The molecule has 0 amide bonds. The predicted octanol–water partition coefficient (Wildman–Crippen LogP) is 11.9. The Hall–Kier alpha value is -4.13. The second-order valence-electron chi connectivity index (χ2n) is 11.9. The molecule has 250 valence electrons. The molecule has 0 saturated carbocycles. The summed E-state index contributed by atoms with van der Waals surface area (Å²) in [6.07, 6.45) is 3.60. The zero-order valence-electron chi connectivity index (χ0n) is 27.5. The molecule has 0 spiro atoms. The number of hydrogen-bond acceptors (Lipinski definition) is 3. The largest absolute Gasteiger partial charge is 0.479 e. The lowest BCUT2D eigenvalue weighted by molar-refractivity contribution is -0.151. The van der Waals surface area contributed by atoms with Gasteiger partial charge in [0.1, 0.15) is 11.6 Å². The van der Waals surface area contributed by atoms with Gasteiger partial charge in [-0.1, -0.05) is 107 Å². The summed E-state index contributed by atoms with van der Waals surface area (Å²) in [6, 6.07) is 22.5. The van der Waals surface area contributed by atoms with Crippen molar-refractivity contribution in [2.24, 2.45) is 0 Å². The first-order valence-corrected chi connectivity index (χ1v) is 16.7. The number of rotatable bonds is 16. The summed E-state index contributed by atoms with van der Waals surface area (Å²) in [5.74, 6) is -0.455. The number of halogens is 4. The molecule has 47 heavy (non-hydrogen) atoms. The van der Waals surface area contributed by atoms with E-state index in [0.717, 1.165) is 73.8 Å². The second-order valence-corrected chi connectivity index (χ2v) is 11.9. The van der Waals surface area contributed by atoms with Crippen LogP contribution in [0, 0.1) is 5.82 Å². The summed E-state index contributed by atoms with van der Waals surface area (Å²) in [5.41, 5.74) is 3.39. The SMILES string of the molecule is CCCCCCCCc1ccc(-c2ccccc2F)c(-c2cccc(C(F)(F)F)c2)c1-c1ccc(O[C@@H](C)C(=O)OCCCC)cc1. The third kappa shape index (κ3) is 9.69. The van der Waals surface area contributed by atoms with E-state index < -0.39 is 29.6 Å². The molecule has 0 heterocycles. The Bertz CT molecular complexity index is 1590. The number of esters is 1. The van der Waals surface area contributed by atoms with Crippen LogP contribution in [0.1, 0.15) is 83.3 Å². The van der Waals surface area contributed by atoms with Crippen LogP contribution in [0.3, 0.4) is 0 Å². The van der Waals surface area contributed by atoms with E-state index in [1.165, 1.54) is 18.6 Å². The average molecular weight is 649 g/mol. The van der Waals surface area contributed by atoms with E-state index in [4.69, 9.17) is 9.47 Å².